The van der Waals surface area contributed by atoms with E-state index in [1.54, 1.807) is 27.7 Å². The number of carbonyl (C=O) groups excluding carboxylic acids is 8. The first-order valence-electron chi connectivity index (χ1n) is 39.8. The minimum atomic E-state index is -1.33. The molecule has 2 amide bonds. The van der Waals surface area contributed by atoms with Crippen LogP contribution in [0.15, 0.2) is 46.5 Å². The first-order chi connectivity index (χ1) is 48.9. The quantitative estimate of drug-likeness (QED) is 0.0620. The van der Waals surface area contributed by atoms with Crippen molar-refractivity contribution in [2.45, 2.75) is 279 Å². The minimum Gasteiger partial charge on any atom is -0.523 e. The Balaban J connectivity index is 0.000000249. The SMILES string of the molecule is CC(C)CC(=O)C(CS)NC(=O)C(C)C.[2H]C([2H])=O.[C-]#[N+]C1=C(O)C(C)(C)[C@@H]2CC[C@]3(C)C(=CC(=O)[C@@H]4[C@@H]5CC(C)(C)CC[C@]5(C(=O)O)CC[C@]43C)[C@@]2(C)C1(C)SCC(NC(=O)C(C)C)C(=O)CC(C)C.[C-]#[N+]C1=C[C@]2(C)C3=CC(=O)[C@@H]4[C@@H]5CC(C)(C)CC[C@]5(C(=O)O)CC[C@@]4(C)[C@]3(C)CC[C@H]2C(C)(C)C1=O. The molecule has 0 saturated heterocycles. The molecule has 17 nitrogen and oxygen atoms in total. The molecule has 0 aliphatic heterocycles. The van der Waals surface area contributed by atoms with Crippen molar-refractivity contribution in [2.75, 3.05) is 11.5 Å². The molecule has 0 heterocycles. The van der Waals surface area contributed by atoms with Gasteiger partial charge in [0, 0.05) is 69.7 Å². The third-order valence-electron chi connectivity index (χ3n) is 29.9. The molecule has 10 aliphatic rings. The van der Waals surface area contributed by atoms with Gasteiger partial charge in [-0.1, -0.05) is 176 Å². The number of thiol groups is 1. The summed E-state index contributed by atoms with van der Waals surface area (Å²) in [6.45, 7) is 62.1. The maximum absolute atomic E-state index is 15.0. The number of carboxylic acid groups (broad SMARTS) is 2. The zero-order chi connectivity index (χ0) is 81.5. The van der Waals surface area contributed by atoms with Crippen LogP contribution in [0.3, 0.4) is 0 Å². The Morgan fingerprint density at radius 1 is 0.600 bits per heavy atom. The molecule has 582 valence electrons. The van der Waals surface area contributed by atoms with E-state index in [0.29, 0.717) is 69.5 Å². The van der Waals surface area contributed by atoms with E-state index in [1.807, 2.05) is 80.5 Å². The summed E-state index contributed by atoms with van der Waals surface area (Å²) in [6.07, 6.45) is 16.5. The predicted molar refractivity (Wildman–Crippen MR) is 416 cm³/mol. The molecular formula is C86H128N4O13S2. The topological polar surface area (TPSA) is 264 Å². The molecule has 105 heavy (non-hydrogen) atoms. The number of hydrogen-bond donors (Lipinski definition) is 6. The smallest absolute Gasteiger partial charge is 0.309 e. The second-order valence-corrected chi connectivity index (χ2v) is 41.0. The molecule has 10 rings (SSSR count). The van der Waals surface area contributed by atoms with Gasteiger partial charge in [-0.15, -0.1) is 0 Å². The van der Waals surface area contributed by atoms with E-state index >= 15 is 4.79 Å². The molecular weight excluding hydrogens is 1360 g/mol. The number of rotatable bonds is 16. The second kappa shape index (κ2) is 30.0. The Kier molecular flexibility index (Phi) is 23.8. The largest absolute Gasteiger partial charge is 0.523 e. The van der Waals surface area contributed by atoms with Gasteiger partial charge in [0.25, 0.3) is 0 Å². The third-order valence-corrected chi connectivity index (χ3v) is 32.0. The van der Waals surface area contributed by atoms with Crippen LogP contribution in [-0.4, -0.2) is 103 Å². The van der Waals surface area contributed by atoms with Gasteiger partial charge in [0.2, 0.25) is 23.2 Å². The maximum Gasteiger partial charge on any atom is 0.309 e. The van der Waals surface area contributed by atoms with Crippen LogP contribution in [0.2, 0.25) is 0 Å². The average molecular weight is 1490 g/mol. The van der Waals surface area contributed by atoms with Gasteiger partial charge >= 0.3 is 11.9 Å². The van der Waals surface area contributed by atoms with Crippen LogP contribution in [0.1, 0.15) is 265 Å². The standard InChI is InChI=1S/C43H64N2O6S.C31H41NO4.C11H21NO2S.CH2O/c1-24(2)20-28(46)27(45-35(49)25(3)4)23-52-42(12)33(44-13)34(48)38(7,8)30-14-15-39(9)31(41(30,42)11)21-29(47)32-26-22-37(5,6)16-18-43(26,36(50)51)19-17-40(32,39)10;1-26(2)11-13-31(25(35)36)14-12-30(7)23(18(31)16-26)20(33)15-22-28(5)17-19(32-8)24(34)27(3,4)21(28)9-10-29(22,30)6;1-7(2)5-10(13)9(6-15)12-11(14)8(3)4;1-2/h21,24-27,30,32,48H,14-20,22-23H2,1-12H3,(H,45,49)(H,50,51);15,17-18,21,23H,9-14,16H2,1-7H3,(H,35,36);7-9,15H,5-6H2,1-4H3,(H,12,14);1H2/t26-,27?,30-,32-,39+,40+,41-,42?,43-;18-,21-,23-,28-,29+,30+,31-;;/m00../s1/i;;;1D2. The lowest BCUT2D eigenvalue weighted by Crippen LogP contribution is -2.68. The van der Waals surface area contributed by atoms with E-state index in [1.165, 1.54) is 11.8 Å². The molecule has 6 fully saturated rings. The van der Waals surface area contributed by atoms with Gasteiger partial charge in [-0.3, -0.25) is 38.4 Å². The lowest BCUT2D eigenvalue weighted by Gasteiger charge is -2.71. The number of fused-ring (bicyclic) bond motifs is 14. The van der Waals surface area contributed by atoms with Crippen LogP contribution in [0, 0.1) is 137 Å². The van der Waals surface area contributed by atoms with Crippen molar-refractivity contribution in [1.29, 1.82) is 0 Å². The van der Waals surface area contributed by atoms with Crippen LogP contribution >= 0.6 is 24.4 Å². The highest BCUT2D eigenvalue weighted by Crippen LogP contribution is 2.79. The number of aliphatic carboxylic acids is 2. The monoisotopic (exact) mass is 1490 g/mol. The number of carbonyl (C=O) groups is 10. The van der Waals surface area contributed by atoms with Crippen LogP contribution in [0.25, 0.3) is 9.69 Å². The lowest BCUT2D eigenvalue weighted by atomic mass is 9.33. The molecule has 10 aliphatic carbocycles. The summed E-state index contributed by atoms with van der Waals surface area (Å²) in [5, 5.41) is 39.0. The molecule has 0 bridgehead atoms. The summed E-state index contributed by atoms with van der Waals surface area (Å²) in [7, 11) is 0. The van der Waals surface area contributed by atoms with Gasteiger partial charge in [-0.25, -0.2) is 9.69 Å². The van der Waals surface area contributed by atoms with E-state index in [2.05, 4.69) is 102 Å². The van der Waals surface area contributed by atoms with Crippen molar-refractivity contribution in [1.82, 2.24) is 10.6 Å². The molecule has 3 unspecified atom stereocenters. The molecule has 0 spiro atoms. The summed E-state index contributed by atoms with van der Waals surface area (Å²) in [5.41, 5.74) is -3.79. The molecule has 0 aromatic carbocycles. The number of ketones is 5. The predicted octanol–water partition coefficient (Wildman–Crippen LogP) is 17.3. The molecule has 19 heteroatoms. The zero-order valence-corrected chi connectivity index (χ0v) is 69.3. The minimum absolute atomic E-state index is 0.00708. The van der Waals surface area contributed by atoms with Crippen LogP contribution in [0.4, 0.5) is 0 Å². The van der Waals surface area contributed by atoms with Gasteiger partial charge in [-0.2, -0.15) is 24.4 Å². The molecule has 17 atom stereocenters. The maximum atomic E-state index is 15.0. The number of Topliss-reactive ketones (excluding diaryl/α,β-unsaturated/α-hetero) is 3. The molecule has 0 aromatic heterocycles. The Labute approximate surface area is 640 Å². The van der Waals surface area contributed by atoms with Crippen LogP contribution in [0.5, 0.6) is 0 Å². The van der Waals surface area contributed by atoms with Crippen molar-refractivity contribution in [3.8, 4) is 0 Å². The van der Waals surface area contributed by atoms with Crippen molar-refractivity contribution in [2.24, 2.45) is 124 Å². The van der Waals surface area contributed by atoms with Crippen molar-refractivity contribution in [3.63, 3.8) is 0 Å². The van der Waals surface area contributed by atoms with Crippen molar-refractivity contribution >= 4 is 83.8 Å². The number of nitrogens with one attached hydrogen (secondary N) is 2. The van der Waals surface area contributed by atoms with Gasteiger partial charge < -0.3 is 35.5 Å². The highest BCUT2D eigenvalue weighted by molar-refractivity contribution is 8.01. The van der Waals surface area contributed by atoms with Crippen LogP contribution in [-0.2, 0) is 47.9 Å². The van der Waals surface area contributed by atoms with Crippen molar-refractivity contribution in [3.05, 3.63) is 69.4 Å². The van der Waals surface area contributed by atoms with E-state index in [4.69, 9.17) is 20.7 Å². The Morgan fingerprint density at radius 3 is 1.40 bits per heavy atom. The first-order valence-corrected chi connectivity index (χ1v) is 40.4. The van der Waals surface area contributed by atoms with E-state index < -0.39 is 84.7 Å². The van der Waals surface area contributed by atoms with Gasteiger partial charge in [-0.05, 0) is 170 Å². The van der Waals surface area contributed by atoms with E-state index in [0.717, 1.165) is 56.1 Å². The first kappa shape index (κ1) is 83.4. The summed E-state index contributed by atoms with van der Waals surface area (Å²) < 4.78 is 10.2. The summed E-state index contributed by atoms with van der Waals surface area (Å²) in [5.74, 6) is -2.53. The Hall–Kier alpha value is -5.66. The molecule has 0 radical (unpaired) electrons. The fourth-order valence-corrected chi connectivity index (χ4v) is 25.0. The molecule has 5 N–H and O–H groups in total. The number of aliphatic hydroxyl groups is 1. The number of thioether (sulfide) groups is 1. The summed E-state index contributed by atoms with van der Waals surface area (Å²) >= 11 is 5.53. The normalized spacial score (nSPS) is 37.8. The number of carboxylic acids is 2. The highest BCUT2D eigenvalue weighted by atomic mass is 32.2. The number of hydrogen-bond acceptors (Lipinski definition) is 13. The van der Waals surface area contributed by atoms with Crippen LogP contribution < -0.4 is 10.6 Å². The lowest BCUT2D eigenvalue weighted by molar-refractivity contribution is -0.190. The highest BCUT2D eigenvalue weighted by Gasteiger charge is 2.76. The summed E-state index contributed by atoms with van der Waals surface area (Å²) in [4.78, 5) is 135. The third kappa shape index (κ3) is 14.1. The number of nitrogens with zero attached hydrogens (tertiary/aromatic N) is 2. The zero-order valence-electron chi connectivity index (χ0n) is 69.6. The Morgan fingerprint density at radius 2 is 1.00 bits per heavy atom. The van der Waals surface area contributed by atoms with Gasteiger partial charge in [0.1, 0.15) is 15.2 Å². The van der Waals surface area contributed by atoms with Gasteiger partial charge in [0.15, 0.2) is 28.9 Å². The fraction of sp³-hybridized carbons (Fsp3) is 0.767. The van der Waals surface area contributed by atoms with E-state index in [9.17, 15) is 53.7 Å². The second-order valence-electron chi connectivity index (χ2n) is 39.2. The average Bonchev–Trinajstić information content (AvgIpc) is 0.670. The Bertz CT molecular complexity index is 3830. The molecule has 0 aromatic rings. The number of allylic oxidation sites excluding steroid dienone is 7. The van der Waals surface area contributed by atoms with E-state index in [-0.39, 0.29) is 133 Å². The van der Waals surface area contributed by atoms with Gasteiger partial charge in [0.05, 0.1) is 40.8 Å². The number of amides is 2. The van der Waals surface area contributed by atoms with Crippen molar-refractivity contribution < 1.29 is 66.0 Å². The number of aliphatic hydroxyl groups excluding tert-OH is 1. The molecule has 6 saturated carbocycles. The fourth-order valence-electron chi connectivity index (χ4n) is 23.1. The summed E-state index contributed by atoms with van der Waals surface area (Å²) in [6, 6.07) is -1.22.